The van der Waals surface area contributed by atoms with Gasteiger partial charge in [0.25, 0.3) is 0 Å². The number of hydrogen-bond acceptors (Lipinski definition) is 2. The van der Waals surface area contributed by atoms with Crippen molar-refractivity contribution < 1.29 is 0 Å². The lowest BCUT2D eigenvalue weighted by molar-refractivity contribution is 0.147. The lowest BCUT2D eigenvalue weighted by Crippen LogP contribution is -2.43. The molecule has 1 heterocycles. The predicted octanol–water partition coefficient (Wildman–Crippen LogP) is 4.32. The van der Waals surface area contributed by atoms with Gasteiger partial charge in [-0.25, -0.2) is 0 Å². The van der Waals surface area contributed by atoms with Gasteiger partial charge in [-0.3, -0.25) is 4.90 Å². The molecule has 2 heteroatoms. The van der Waals surface area contributed by atoms with Crippen molar-refractivity contribution >= 4 is 0 Å². The highest BCUT2D eigenvalue weighted by atomic mass is 15.2. The molecule has 2 aliphatic rings. The van der Waals surface area contributed by atoms with Crippen LogP contribution in [0.3, 0.4) is 0 Å². The Morgan fingerprint density at radius 1 is 0.833 bits per heavy atom. The van der Waals surface area contributed by atoms with Crippen LogP contribution in [0.15, 0.2) is 54.6 Å². The molecule has 2 aromatic carbocycles. The van der Waals surface area contributed by atoms with Crippen LogP contribution >= 0.6 is 0 Å². The molecule has 0 bridgehead atoms. The lowest BCUT2D eigenvalue weighted by Gasteiger charge is -2.35. The van der Waals surface area contributed by atoms with Gasteiger partial charge in [0.05, 0.1) is 0 Å². The van der Waals surface area contributed by atoms with Gasteiger partial charge in [-0.15, -0.1) is 0 Å². The molecule has 2 nitrogen and oxygen atoms in total. The zero-order valence-electron chi connectivity index (χ0n) is 14.5. The molecule has 4 rings (SSSR count). The minimum Gasteiger partial charge on any atom is -0.317 e. The Morgan fingerprint density at radius 2 is 1.54 bits per heavy atom. The molecule has 0 unspecified atom stereocenters. The van der Waals surface area contributed by atoms with Crippen LogP contribution in [0.4, 0.5) is 0 Å². The first-order valence-corrected chi connectivity index (χ1v) is 9.48. The molecule has 1 aliphatic carbocycles. The number of benzene rings is 2. The largest absolute Gasteiger partial charge is 0.317 e. The fourth-order valence-electron chi connectivity index (χ4n) is 3.92. The summed E-state index contributed by atoms with van der Waals surface area (Å²) in [6.07, 6.45) is 5.45. The molecule has 126 valence electrons. The third-order valence-electron chi connectivity index (χ3n) is 5.49. The Labute approximate surface area is 145 Å². The topological polar surface area (TPSA) is 15.3 Å². The summed E-state index contributed by atoms with van der Waals surface area (Å²) < 4.78 is 0. The van der Waals surface area contributed by atoms with E-state index in [2.05, 4.69) is 64.8 Å². The van der Waals surface area contributed by atoms with E-state index in [0.29, 0.717) is 0 Å². The Bertz CT molecular complexity index is 642. The van der Waals surface area contributed by atoms with Crippen LogP contribution in [0.1, 0.15) is 31.2 Å². The summed E-state index contributed by atoms with van der Waals surface area (Å²) in [5.74, 6) is 0.948. The Kier molecular flexibility index (Phi) is 4.96. The van der Waals surface area contributed by atoms with Crippen LogP contribution in [0.25, 0.3) is 11.1 Å². The minimum atomic E-state index is 0.746. The summed E-state index contributed by atoms with van der Waals surface area (Å²) in [5.41, 5.74) is 4.21. The van der Waals surface area contributed by atoms with E-state index in [0.717, 1.165) is 18.5 Å². The number of piperidine rings is 1. The van der Waals surface area contributed by atoms with E-state index in [-0.39, 0.29) is 0 Å². The predicted molar refractivity (Wildman–Crippen MR) is 101 cm³/mol. The van der Waals surface area contributed by atoms with Crippen LogP contribution < -0.4 is 5.32 Å². The number of nitrogens with zero attached hydrogens (tertiary/aromatic N) is 1. The molecule has 0 radical (unpaired) electrons. The van der Waals surface area contributed by atoms with Crippen molar-refractivity contribution in [3.05, 3.63) is 60.2 Å². The summed E-state index contributed by atoms with van der Waals surface area (Å²) in [5, 5.41) is 3.51. The van der Waals surface area contributed by atoms with Gasteiger partial charge in [0, 0.05) is 19.1 Å². The number of rotatable bonds is 6. The summed E-state index contributed by atoms with van der Waals surface area (Å²) in [7, 11) is 0. The van der Waals surface area contributed by atoms with Crippen LogP contribution in [-0.4, -0.2) is 30.6 Å². The quantitative estimate of drug-likeness (QED) is 0.853. The molecule has 0 aromatic heterocycles. The van der Waals surface area contributed by atoms with Crippen LogP contribution in [0.5, 0.6) is 0 Å². The van der Waals surface area contributed by atoms with Crippen molar-refractivity contribution in [2.24, 2.45) is 5.92 Å². The fourth-order valence-corrected chi connectivity index (χ4v) is 3.92. The van der Waals surface area contributed by atoms with Crippen molar-refractivity contribution in [3.8, 4) is 11.1 Å². The highest BCUT2D eigenvalue weighted by Gasteiger charge is 2.29. The maximum absolute atomic E-state index is 3.51. The second kappa shape index (κ2) is 7.50. The fraction of sp³-hybridized carbons (Fsp3) is 0.455. The molecule has 2 aromatic rings. The first kappa shape index (κ1) is 15.9. The summed E-state index contributed by atoms with van der Waals surface area (Å²) in [6, 6.07) is 20.5. The molecular weight excluding hydrogens is 292 g/mol. The third-order valence-corrected chi connectivity index (χ3v) is 5.49. The molecule has 1 saturated carbocycles. The molecule has 0 atom stereocenters. The van der Waals surface area contributed by atoms with Gasteiger partial charge < -0.3 is 5.32 Å². The molecule has 1 saturated heterocycles. The van der Waals surface area contributed by atoms with E-state index < -0.39 is 0 Å². The van der Waals surface area contributed by atoms with Gasteiger partial charge >= 0.3 is 0 Å². The van der Waals surface area contributed by atoms with Crippen molar-refractivity contribution in [1.82, 2.24) is 10.2 Å². The van der Waals surface area contributed by atoms with Crippen molar-refractivity contribution in [1.29, 1.82) is 0 Å². The highest BCUT2D eigenvalue weighted by molar-refractivity contribution is 5.67. The Morgan fingerprint density at radius 3 is 2.29 bits per heavy atom. The average molecular weight is 320 g/mol. The second-order valence-corrected chi connectivity index (χ2v) is 7.38. The Balaban J connectivity index is 1.57. The van der Waals surface area contributed by atoms with Gasteiger partial charge in [0.2, 0.25) is 0 Å². The Hall–Kier alpha value is -1.64. The van der Waals surface area contributed by atoms with E-state index in [1.807, 2.05) is 0 Å². The van der Waals surface area contributed by atoms with Crippen LogP contribution in [0, 0.1) is 5.92 Å². The number of hydrogen-bond donors (Lipinski definition) is 1. The summed E-state index contributed by atoms with van der Waals surface area (Å²) >= 11 is 0. The van der Waals surface area contributed by atoms with Crippen LogP contribution in [-0.2, 0) is 6.54 Å². The second-order valence-electron chi connectivity index (χ2n) is 7.38. The molecular formula is C22H28N2. The summed E-state index contributed by atoms with van der Waals surface area (Å²) in [4.78, 5) is 2.78. The zero-order valence-corrected chi connectivity index (χ0v) is 14.5. The molecule has 2 fully saturated rings. The molecule has 1 N–H and O–H groups in total. The van der Waals surface area contributed by atoms with Gasteiger partial charge in [-0.2, -0.15) is 0 Å². The van der Waals surface area contributed by atoms with Crippen molar-refractivity contribution in [2.45, 2.75) is 38.3 Å². The lowest BCUT2D eigenvalue weighted by atomic mass is 9.97. The standard InChI is InChI=1S/C22H28N2/c1-2-6-19(7-3-1)22-9-5-4-8-20(22)17-24(16-18-10-11-18)21-12-14-23-15-13-21/h1-9,18,21,23H,10-17H2. The van der Waals surface area contributed by atoms with Crippen LogP contribution in [0.2, 0.25) is 0 Å². The molecule has 24 heavy (non-hydrogen) atoms. The van der Waals surface area contributed by atoms with Gasteiger partial charge in [-0.1, -0.05) is 54.6 Å². The third kappa shape index (κ3) is 3.88. The van der Waals surface area contributed by atoms with E-state index in [4.69, 9.17) is 0 Å². The van der Waals surface area contributed by atoms with Crippen molar-refractivity contribution in [2.75, 3.05) is 19.6 Å². The van der Waals surface area contributed by atoms with E-state index >= 15 is 0 Å². The zero-order chi connectivity index (χ0) is 16.2. The molecule has 0 spiro atoms. The minimum absolute atomic E-state index is 0.746. The normalized spacial score (nSPS) is 18.9. The first-order chi connectivity index (χ1) is 11.9. The SMILES string of the molecule is c1ccc(-c2ccccc2CN(CC2CC2)C2CCNCC2)cc1. The maximum Gasteiger partial charge on any atom is 0.0242 e. The average Bonchev–Trinajstić information content (AvgIpc) is 3.47. The van der Waals surface area contributed by atoms with Gasteiger partial charge in [-0.05, 0) is 61.4 Å². The van der Waals surface area contributed by atoms with Gasteiger partial charge in [0.1, 0.15) is 0 Å². The molecule has 1 aliphatic heterocycles. The van der Waals surface area contributed by atoms with E-state index in [1.54, 1.807) is 0 Å². The maximum atomic E-state index is 3.51. The summed E-state index contributed by atoms with van der Waals surface area (Å²) in [6.45, 7) is 4.72. The monoisotopic (exact) mass is 320 g/mol. The highest BCUT2D eigenvalue weighted by Crippen LogP contribution is 2.33. The first-order valence-electron chi connectivity index (χ1n) is 9.48. The van der Waals surface area contributed by atoms with E-state index in [1.165, 1.54) is 62.0 Å². The number of nitrogens with one attached hydrogen (secondary N) is 1. The van der Waals surface area contributed by atoms with Crippen molar-refractivity contribution in [3.63, 3.8) is 0 Å². The van der Waals surface area contributed by atoms with Gasteiger partial charge in [0.15, 0.2) is 0 Å². The van der Waals surface area contributed by atoms with E-state index in [9.17, 15) is 0 Å². The smallest absolute Gasteiger partial charge is 0.0242 e. The molecule has 0 amide bonds.